The molecule has 33 heteroatoms. The van der Waals surface area contributed by atoms with Gasteiger partial charge in [0.2, 0.25) is 23.5 Å². The lowest BCUT2D eigenvalue weighted by Crippen LogP contribution is -2.46. The molecule has 0 aliphatic carbocycles. The minimum Gasteiger partial charge on any atom is -0.597 e. The largest absolute Gasteiger partial charge is 0.597 e. The zero-order chi connectivity index (χ0) is 42.9. The Morgan fingerprint density at radius 2 is 1.79 bits per heavy atom. The Bertz CT molecular complexity index is 1920. The number of carbonyl (C=O) groups excluding carboxylic acids is 3. The number of anilines is 1. The summed E-state index contributed by atoms with van der Waals surface area (Å²) in [6.45, 7) is -0.520. The number of rotatable bonds is 22. The van der Waals surface area contributed by atoms with E-state index < -0.39 is 102 Å². The quantitative estimate of drug-likeness (QED) is 0.0189. The Morgan fingerprint density at radius 1 is 1.12 bits per heavy atom. The molecule has 0 bridgehead atoms. The second-order valence-electron chi connectivity index (χ2n) is 12.5. The number of phosphoric ester groups is 3. The second-order valence-corrected chi connectivity index (χ2v) is 17.8. The molecular weight excluding hydrogens is 857 g/mol. The van der Waals surface area contributed by atoms with Crippen molar-refractivity contribution < 1.29 is 90.6 Å². The highest BCUT2D eigenvalue weighted by Gasteiger charge is 2.50. The molecule has 0 aromatic carbocycles. The fourth-order valence-corrected chi connectivity index (χ4v) is 8.19. The number of nitrogens with one attached hydrogen (secondary N) is 2. The van der Waals surface area contributed by atoms with Crippen molar-refractivity contribution in [1.29, 1.82) is 0 Å². The first kappa shape index (κ1) is 48.1. The number of fused-ring (bicyclic) bond motifs is 1. The highest BCUT2D eigenvalue weighted by Crippen LogP contribution is 2.61. The zero-order valence-electron chi connectivity index (χ0n) is 29.7. The number of nitrogens with zero attached hydrogens (tertiary/aromatic N) is 6. The third kappa shape index (κ3) is 14.5. The van der Waals surface area contributed by atoms with Crippen LogP contribution in [-0.2, 0) is 50.7 Å². The number of nitrogens with two attached hydrogens (primary N) is 2. The first-order valence-corrected chi connectivity index (χ1v) is 21.5. The van der Waals surface area contributed by atoms with Gasteiger partial charge in [0.25, 0.3) is 0 Å². The van der Waals surface area contributed by atoms with Gasteiger partial charge in [-0.3, -0.25) is 32.5 Å². The average molecular weight is 899 g/mol. The monoisotopic (exact) mass is 898 g/mol. The van der Waals surface area contributed by atoms with Gasteiger partial charge < -0.3 is 67.0 Å². The maximum Gasteiger partial charge on any atom is 0.481 e. The normalized spacial score (nSPS) is 22.4. The van der Waals surface area contributed by atoms with Crippen LogP contribution < -0.4 is 22.1 Å². The molecule has 1 aliphatic rings. The molecule has 0 radical (unpaired) electrons. The molecule has 1 fully saturated rings. The third-order valence-corrected chi connectivity index (χ3v) is 11.6. The van der Waals surface area contributed by atoms with Crippen LogP contribution in [0.4, 0.5) is 5.82 Å². The second kappa shape index (κ2) is 20.1. The number of aliphatic hydroxyl groups is 2. The van der Waals surface area contributed by atoms with Gasteiger partial charge in [0, 0.05) is 30.7 Å². The van der Waals surface area contributed by atoms with Crippen LogP contribution in [0, 0.1) is 10.6 Å². The summed E-state index contributed by atoms with van der Waals surface area (Å²) < 4.78 is 61.9. The van der Waals surface area contributed by atoms with Gasteiger partial charge in [-0.1, -0.05) is 30.5 Å². The van der Waals surface area contributed by atoms with Crippen LogP contribution in [0.1, 0.15) is 26.5 Å². The zero-order valence-corrected chi connectivity index (χ0v) is 33.2. The average Bonchev–Trinajstić information content (AvgIpc) is 3.67. The van der Waals surface area contributed by atoms with Crippen LogP contribution in [-0.4, -0.2) is 145 Å². The van der Waals surface area contributed by atoms with Gasteiger partial charge in [0.15, 0.2) is 23.0 Å². The Balaban J connectivity index is 1.48. The van der Waals surface area contributed by atoms with Crippen molar-refractivity contribution >= 4 is 69.1 Å². The van der Waals surface area contributed by atoms with E-state index in [-0.39, 0.29) is 47.1 Å². The summed E-state index contributed by atoms with van der Waals surface area (Å²) in [5.41, 5.74) is 9.66. The molecule has 2 aromatic rings. The van der Waals surface area contributed by atoms with Crippen LogP contribution in [0.5, 0.6) is 0 Å². The highest BCUT2D eigenvalue weighted by molar-refractivity contribution is 8.13. The number of hydrogen-bond donors (Lipinski definition) is 11. The van der Waals surface area contributed by atoms with E-state index in [9.17, 15) is 63.1 Å². The Labute approximate surface area is 325 Å². The van der Waals surface area contributed by atoms with Crippen LogP contribution in [0.2, 0.25) is 0 Å². The van der Waals surface area contributed by atoms with E-state index in [0.29, 0.717) is 11.8 Å². The van der Waals surface area contributed by atoms with Gasteiger partial charge in [-0.15, -0.1) is 0 Å². The number of amides is 2. The lowest BCUT2D eigenvalue weighted by atomic mass is 9.87. The maximum absolute atomic E-state index is 12.7. The van der Waals surface area contributed by atoms with Crippen LogP contribution in [0.15, 0.2) is 17.9 Å². The van der Waals surface area contributed by atoms with Gasteiger partial charge in [0.05, 0.1) is 19.5 Å². The number of aliphatic hydroxyl groups excluding tert-OH is 2. The first-order valence-electron chi connectivity index (χ1n) is 16.0. The molecule has 322 valence electrons. The molecule has 0 spiro atoms. The van der Waals surface area contributed by atoms with Crippen LogP contribution in [0.3, 0.4) is 0 Å². The number of phosphoric acid groups is 3. The molecule has 1 aliphatic heterocycles. The fraction of sp³-hybridized carbons (Fsp3) is 0.667. The van der Waals surface area contributed by atoms with E-state index in [0.717, 1.165) is 17.2 Å². The number of thioether (sulfide) groups is 1. The summed E-state index contributed by atoms with van der Waals surface area (Å²) in [7, 11) is -16.5. The molecule has 3 rings (SSSR count). The predicted molar refractivity (Wildman–Crippen MR) is 188 cm³/mol. The molecular formula is C24H41N10O19P3S. The number of imidazole rings is 1. The third-order valence-electron chi connectivity index (χ3n) is 7.50. The van der Waals surface area contributed by atoms with Crippen molar-refractivity contribution in [3.8, 4) is 0 Å². The van der Waals surface area contributed by atoms with E-state index in [1.165, 1.54) is 13.8 Å². The van der Waals surface area contributed by atoms with Crippen molar-refractivity contribution in [2.24, 2.45) is 16.4 Å². The number of nitrogen functional groups attached to an aromatic ring is 1. The number of hydroxylamine groups is 1. The van der Waals surface area contributed by atoms with Gasteiger partial charge in [0.1, 0.15) is 42.3 Å². The number of hydrogen-bond acceptors (Lipinski definition) is 21. The van der Waals surface area contributed by atoms with E-state index in [4.69, 9.17) is 30.5 Å². The lowest BCUT2D eigenvalue weighted by molar-refractivity contribution is -0.555. The van der Waals surface area contributed by atoms with E-state index >= 15 is 0 Å². The van der Waals surface area contributed by atoms with Crippen molar-refractivity contribution in [2.75, 3.05) is 44.3 Å². The summed E-state index contributed by atoms with van der Waals surface area (Å²) >= 11 is 0.717. The lowest BCUT2D eigenvalue weighted by Gasteiger charge is -2.30. The van der Waals surface area contributed by atoms with Crippen LogP contribution in [0.25, 0.3) is 11.2 Å². The van der Waals surface area contributed by atoms with E-state index in [1.54, 1.807) is 0 Å². The predicted octanol–water partition coefficient (Wildman–Crippen LogP) is -2.66. The van der Waals surface area contributed by atoms with Gasteiger partial charge in [-0.2, -0.15) is 4.31 Å². The van der Waals surface area contributed by atoms with Crippen molar-refractivity contribution in [3.63, 3.8) is 0 Å². The topological polar surface area (TPSA) is 448 Å². The van der Waals surface area contributed by atoms with Gasteiger partial charge in [-0.25, -0.2) is 28.6 Å². The minimum atomic E-state index is -5.60. The van der Waals surface area contributed by atoms with Gasteiger partial charge in [-0.05, 0) is 0 Å². The summed E-state index contributed by atoms with van der Waals surface area (Å²) in [4.78, 5) is 87.1. The molecule has 13 N–H and O–H groups in total. The molecule has 7 unspecified atom stereocenters. The van der Waals surface area contributed by atoms with Crippen molar-refractivity contribution in [1.82, 2.24) is 30.2 Å². The summed E-state index contributed by atoms with van der Waals surface area (Å²) in [6.07, 6.45) is -7.18. The molecule has 8 atom stereocenters. The molecule has 0 saturated carbocycles. The summed E-state index contributed by atoms with van der Waals surface area (Å²) in [6, 6.07) is -1.24. The standard InChI is InChI=1S/C24H41N10O19P3S/c1-24(2,18(37)21(38)28-4-3-14(35)27-5-6-57-23(39)12(25)7-34(41)32-40)9-50-56(47,48)53-55(45,46)49-8-13-17(52-54(42,43)44)16(36)22(51-13)33-11-31-15-19(26)29-10-30-20(15)33/h10-13,16-18,22,36-37,40H,3-9,25H2,1-2H3,(H,27,35)(H,28,38)(H,45,46)(H,47,48)(H2,26,29,30)(H2,42,43,44)/b34-32-/t12-,13?,16?,17?,18?,22?/m0/s1. The summed E-state index contributed by atoms with van der Waals surface area (Å²) in [5, 5.41) is 47.1. The van der Waals surface area contributed by atoms with E-state index in [2.05, 4.69) is 39.7 Å². The smallest absolute Gasteiger partial charge is 0.481 e. The first-order chi connectivity index (χ1) is 26.4. The summed E-state index contributed by atoms with van der Waals surface area (Å²) in [5.74, 6) is -1.58. The number of carbonyl (C=O) groups is 3. The van der Waals surface area contributed by atoms with E-state index in [1.807, 2.05) is 0 Å². The molecule has 57 heavy (non-hydrogen) atoms. The molecule has 1 saturated heterocycles. The Morgan fingerprint density at radius 3 is 2.44 bits per heavy atom. The molecule has 2 aromatic heterocycles. The molecule has 2 amide bonds. The fourth-order valence-electron chi connectivity index (χ4n) is 4.67. The number of ether oxygens (including phenoxy) is 1. The Hall–Kier alpha value is -3.28. The van der Waals surface area contributed by atoms with Crippen molar-refractivity contribution in [2.45, 2.75) is 57.0 Å². The van der Waals surface area contributed by atoms with Gasteiger partial charge >= 0.3 is 23.5 Å². The maximum atomic E-state index is 12.7. The molecule has 29 nitrogen and oxygen atoms in total. The Kier molecular flexibility index (Phi) is 17.0. The van der Waals surface area contributed by atoms with Crippen LogP contribution >= 0.6 is 35.2 Å². The molecule has 3 heterocycles. The highest BCUT2D eigenvalue weighted by atomic mass is 32.2. The van der Waals surface area contributed by atoms with Crippen molar-refractivity contribution in [3.05, 3.63) is 17.9 Å². The SMILES string of the molecule is CC(C)(COP(=O)(O)OP(=O)(O)OCC1OC(n2cnc3c(N)ncnc32)C(O)C1OP(=O)(O)O)C(O)C(=O)NCCC(=O)NCCSC(=O)[C@@H](N)C/[N+]([O-])=N/O. The number of aromatic nitrogens is 4. The minimum absolute atomic E-state index is 0.00328.